The molecule has 1 unspecified atom stereocenters. The lowest BCUT2D eigenvalue weighted by Crippen LogP contribution is -2.35. The third-order valence-electron chi connectivity index (χ3n) is 4.27. The zero-order valence-corrected chi connectivity index (χ0v) is 17.9. The van der Waals surface area contributed by atoms with E-state index in [0.717, 1.165) is 11.1 Å². The van der Waals surface area contributed by atoms with Crippen LogP contribution in [-0.4, -0.2) is 28.1 Å². The third-order valence-corrected chi connectivity index (χ3v) is 5.33. The van der Waals surface area contributed by atoms with Gasteiger partial charge in [-0.3, -0.25) is 4.79 Å². The topological polar surface area (TPSA) is 94.3 Å². The summed E-state index contributed by atoms with van der Waals surface area (Å²) in [6.07, 6.45) is -0.917. The van der Waals surface area contributed by atoms with Crippen LogP contribution < -0.4 is 5.32 Å². The molecule has 0 aliphatic heterocycles. The maximum atomic E-state index is 12.6. The van der Waals surface area contributed by atoms with Gasteiger partial charge in [0, 0.05) is 11.4 Å². The Morgan fingerprint density at radius 2 is 1.87 bits per heavy atom. The van der Waals surface area contributed by atoms with Gasteiger partial charge in [-0.05, 0) is 38.5 Å². The lowest BCUT2D eigenvalue weighted by molar-refractivity contribution is -0.129. The number of carbonyl (C=O) groups excluding carboxylic acids is 2. The molecule has 1 amide bonds. The summed E-state index contributed by atoms with van der Waals surface area (Å²) in [4.78, 5) is 29.8. The number of aryl methyl sites for hydroxylation is 2. The number of ether oxygens (including phenoxy) is 1. The van der Waals surface area contributed by atoms with E-state index >= 15 is 0 Å². The molecule has 8 heteroatoms. The number of carbonyl (C=O) groups is 2. The molecule has 0 aliphatic rings. The average molecular weight is 426 g/mol. The highest BCUT2D eigenvalue weighted by Crippen LogP contribution is 2.26. The van der Waals surface area contributed by atoms with Gasteiger partial charge in [0.2, 0.25) is 5.89 Å². The summed E-state index contributed by atoms with van der Waals surface area (Å²) in [6, 6.07) is 14.9. The molecule has 0 saturated carbocycles. The highest BCUT2D eigenvalue weighted by Gasteiger charge is 2.21. The van der Waals surface area contributed by atoms with Crippen molar-refractivity contribution < 1.29 is 18.8 Å². The summed E-state index contributed by atoms with van der Waals surface area (Å²) in [5, 5.41) is 6.54. The Morgan fingerprint density at radius 1 is 1.13 bits per heavy atom. The van der Waals surface area contributed by atoms with Crippen molar-refractivity contribution in [3.05, 3.63) is 76.9 Å². The first-order valence-electron chi connectivity index (χ1n) is 9.47. The van der Waals surface area contributed by atoms with Gasteiger partial charge in [-0.15, -0.1) is 11.8 Å². The summed E-state index contributed by atoms with van der Waals surface area (Å²) >= 11 is 1.39. The molecule has 0 radical (unpaired) electrons. The average Bonchev–Trinajstić information content (AvgIpc) is 3.16. The minimum absolute atomic E-state index is 0.351. The number of thioether (sulfide) groups is 1. The van der Waals surface area contributed by atoms with Crippen LogP contribution in [0.5, 0.6) is 0 Å². The maximum absolute atomic E-state index is 12.6. The van der Waals surface area contributed by atoms with Crippen LogP contribution >= 0.6 is 11.8 Å². The van der Waals surface area contributed by atoms with Gasteiger partial charge in [0.15, 0.2) is 11.9 Å². The molecule has 156 valence electrons. The molecule has 0 aliphatic carbocycles. The number of benzene rings is 2. The Hall–Kier alpha value is -3.13. The van der Waals surface area contributed by atoms with E-state index < -0.39 is 12.1 Å². The molecular weight excluding hydrogens is 402 g/mol. The molecule has 1 N–H and O–H groups in total. The van der Waals surface area contributed by atoms with Gasteiger partial charge in [-0.25, -0.2) is 4.79 Å². The molecule has 1 aromatic heterocycles. The van der Waals surface area contributed by atoms with Crippen LogP contribution in [0.25, 0.3) is 0 Å². The lowest BCUT2D eigenvalue weighted by Gasteiger charge is -2.15. The van der Waals surface area contributed by atoms with Crippen LogP contribution in [0.3, 0.4) is 0 Å². The highest BCUT2D eigenvalue weighted by atomic mass is 32.2. The molecular formula is C22H23N3O4S. The molecule has 0 saturated heterocycles. The first kappa shape index (κ1) is 21.6. The smallest absolute Gasteiger partial charge is 0.340 e. The largest absolute Gasteiger partial charge is 0.449 e. The molecule has 7 nitrogen and oxygen atoms in total. The van der Waals surface area contributed by atoms with Crippen molar-refractivity contribution in [1.29, 1.82) is 0 Å². The third kappa shape index (κ3) is 5.93. The van der Waals surface area contributed by atoms with Crippen molar-refractivity contribution in [2.75, 3.05) is 0 Å². The Balaban J connectivity index is 1.56. The van der Waals surface area contributed by atoms with E-state index in [1.807, 2.05) is 43.3 Å². The SMILES string of the molecule is Cc1ccc(CNC(=O)C(C)OC(=O)c2ccccc2SCc2nc(C)no2)cc1. The number of esters is 1. The molecule has 0 fully saturated rings. The molecule has 0 bridgehead atoms. The van der Waals surface area contributed by atoms with E-state index in [-0.39, 0.29) is 5.91 Å². The molecule has 30 heavy (non-hydrogen) atoms. The van der Waals surface area contributed by atoms with Crippen molar-refractivity contribution in [3.63, 3.8) is 0 Å². The number of aromatic nitrogens is 2. The predicted octanol–water partition coefficient (Wildman–Crippen LogP) is 3.84. The summed E-state index contributed by atoms with van der Waals surface area (Å²) in [7, 11) is 0. The molecule has 0 spiro atoms. The monoisotopic (exact) mass is 425 g/mol. The van der Waals surface area contributed by atoms with E-state index in [9.17, 15) is 9.59 Å². The van der Waals surface area contributed by atoms with Gasteiger partial charge < -0.3 is 14.6 Å². The zero-order valence-electron chi connectivity index (χ0n) is 17.0. The maximum Gasteiger partial charge on any atom is 0.340 e. The molecule has 2 aromatic carbocycles. The van der Waals surface area contributed by atoms with E-state index in [0.29, 0.717) is 34.5 Å². The van der Waals surface area contributed by atoms with E-state index in [1.54, 1.807) is 26.0 Å². The van der Waals surface area contributed by atoms with Crippen molar-refractivity contribution in [3.8, 4) is 0 Å². The van der Waals surface area contributed by atoms with Gasteiger partial charge >= 0.3 is 5.97 Å². The molecule has 1 atom stereocenters. The number of hydrogen-bond acceptors (Lipinski definition) is 7. The lowest BCUT2D eigenvalue weighted by atomic mass is 10.1. The van der Waals surface area contributed by atoms with Crippen molar-refractivity contribution in [1.82, 2.24) is 15.5 Å². The second-order valence-corrected chi connectivity index (χ2v) is 7.79. The fourth-order valence-corrected chi connectivity index (χ4v) is 3.49. The van der Waals surface area contributed by atoms with Crippen LogP contribution in [0, 0.1) is 13.8 Å². The Bertz CT molecular complexity index is 1020. The number of nitrogens with one attached hydrogen (secondary N) is 1. The fourth-order valence-electron chi connectivity index (χ4n) is 2.62. The van der Waals surface area contributed by atoms with E-state index in [1.165, 1.54) is 11.8 Å². The standard InChI is InChI=1S/C22H23N3O4S/c1-14-8-10-17(11-9-14)12-23-21(26)15(2)28-22(27)18-6-4-5-7-19(18)30-13-20-24-16(3)25-29-20/h4-11,15H,12-13H2,1-3H3,(H,23,26). The van der Waals surface area contributed by atoms with E-state index in [4.69, 9.17) is 9.26 Å². The number of rotatable bonds is 8. The van der Waals surface area contributed by atoms with Gasteiger partial charge in [-0.2, -0.15) is 4.98 Å². The van der Waals surface area contributed by atoms with Crippen LogP contribution in [0.2, 0.25) is 0 Å². The van der Waals surface area contributed by atoms with E-state index in [2.05, 4.69) is 15.5 Å². The van der Waals surface area contributed by atoms with Crippen LogP contribution in [0.15, 0.2) is 57.9 Å². The summed E-state index contributed by atoms with van der Waals surface area (Å²) in [5.41, 5.74) is 2.51. The second kappa shape index (κ2) is 10.1. The quantitative estimate of drug-likeness (QED) is 0.433. The summed E-state index contributed by atoms with van der Waals surface area (Å²) in [6.45, 7) is 5.67. The van der Waals surface area contributed by atoms with Crippen LogP contribution in [0.4, 0.5) is 0 Å². The highest BCUT2D eigenvalue weighted by molar-refractivity contribution is 7.98. The minimum atomic E-state index is -0.917. The Kier molecular flexibility index (Phi) is 7.24. The van der Waals surface area contributed by atoms with Crippen molar-refractivity contribution in [2.45, 2.75) is 44.1 Å². The van der Waals surface area contributed by atoms with Crippen LogP contribution in [-0.2, 0) is 21.8 Å². The van der Waals surface area contributed by atoms with Gasteiger partial charge in [0.05, 0.1) is 11.3 Å². The number of nitrogens with zero attached hydrogens (tertiary/aromatic N) is 2. The number of amides is 1. The Morgan fingerprint density at radius 3 is 2.57 bits per heavy atom. The molecule has 3 rings (SSSR count). The van der Waals surface area contributed by atoms with Crippen molar-refractivity contribution >= 4 is 23.6 Å². The van der Waals surface area contributed by atoms with Crippen molar-refractivity contribution in [2.24, 2.45) is 0 Å². The minimum Gasteiger partial charge on any atom is -0.449 e. The fraction of sp³-hybridized carbons (Fsp3) is 0.273. The second-order valence-electron chi connectivity index (χ2n) is 6.77. The van der Waals surface area contributed by atoms with Gasteiger partial charge in [-0.1, -0.05) is 47.1 Å². The Labute approximate surface area is 179 Å². The summed E-state index contributed by atoms with van der Waals surface area (Å²) in [5.74, 6) is 0.555. The van der Waals surface area contributed by atoms with Gasteiger partial charge in [0.1, 0.15) is 0 Å². The predicted molar refractivity (Wildman–Crippen MR) is 113 cm³/mol. The van der Waals surface area contributed by atoms with Crippen LogP contribution in [0.1, 0.15) is 40.1 Å². The molecule has 3 aromatic rings. The van der Waals surface area contributed by atoms with Gasteiger partial charge in [0.25, 0.3) is 5.91 Å². The normalized spacial score (nSPS) is 11.7. The first-order chi connectivity index (χ1) is 14.4. The zero-order chi connectivity index (χ0) is 21.5. The first-order valence-corrected chi connectivity index (χ1v) is 10.5. The number of hydrogen-bond donors (Lipinski definition) is 1. The molecule has 1 heterocycles. The summed E-state index contributed by atoms with van der Waals surface area (Å²) < 4.78 is 10.5.